The Bertz CT molecular complexity index is 309. The average Bonchev–Trinajstić information content (AvgIpc) is 2.21. The molecule has 0 spiro atoms. The van der Waals surface area contributed by atoms with Gasteiger partial charge in [0, 0.05) is 5.92 Å². The minimum absolute atomic E-state index is 0.105. The molecule has 0 radical (unpaired) electrons. The van der Waals surface area contributed by atoms with Crippen LogP contribution in [0.3, 0.4) is 0 Å². The van der Waals surface area contributed by atoms with Crippen LogP contribution in [0.5, 0.6) is 0 Å². The van der Waals surface area contributed by atoms with Gasteiger partial charge in [0.15, 0.2) is 0 Å². The maximum absolute atomic E-state index is 13.5. The maximum atomic E-state index is 13.5. The van der Waals surface area contributed by atoms with Crippen molar-refractivity contribution in [1.82, 2.24) is 0 Å². The molecule has 84 valence electrons. The van der Waals surface area contributed by atoms with Crippen molar-refractivity contribution in [3.8, 4) is 0 Å². The Labute approximate surface area is 90.9 Å². The normalized spacial score (nSPS) is 15.3. The monoisotopic (exact) mass is 210 g/mol. The molecule has 0 fully saturated rings. The van der Waals surface area contributed by atoms with E-state index < -0.39 is 6.10 Å². The quantitative estimate of drug-likeness (QED) is 0.808. The number of halogens is 1. The lowest BCUT2D eigenvalue weighted by molar-refractivity contribution is 0.0930. The van der Waals surface area contributed by atoms with E-state index in [4.69, 9.17) is 0 Å². The fourth-order valence-electron chi connectivity index (χ4n) is 1.89. The summed E-state index contributed by atoms with van der Waals surface area (Å²) in [5.74, 6) is -0.176. The second-order valence-electron chi connectivity index (χ2n) is 4.27. The van der Waals surface area contributed by atoms with Gasteiger partial charge < -0.3 is 5.11 Å². The smallest absolute Gasteiger partial charge is 0.126 e. The molecule has 1 rings (SSSR count). The zero-order valence-corrected chi connectivity index (χ0v) is 9.57. The van der Waals surface area contributed by atoms with Crippen molar-refractivity contribution in [1.29, 1.82) is 0 Å². The molecule has 0 bridgehead atoms. The van der Waals surface area contributed by atoms with E-state index in [1.54, 1.807) is 12.1 Å². The summed E-state index contributed by atoms with van der Waals surface area (Å²) < 4.78 is 13.5. The predicted molar refractivity (Wildman–Crippen MR) is 60.3 cm³/mol. The van der Waals surface area contributed by atoms with Crippen LogP contribution in [0, 0.1) is 11.7 Å². The third kappa shape index (κ3) is 2.78. The van der Waals surface area contributed by atoms with Crippen molar-refractivity contribution in [2.24, 2.45) is 5.92 Å². The summed E-state index contributed by atoms with van der Waals surface area (Å²) in [6, 6.07) is 6.70. The molecule has 0 saturated heterocycles. The Morgan fingerprint density at radius 2 is 1.87 bits per heavy atom. The first kappa shape index (κ1) is 12.2. The van der Waals surface area contributed by atoms with Crippen molar-refractivity contribution in [2.45, 2.75) is 39.2 Å². The van der Waals surface area contributed by atoms with Gasteiger partial charge in [-0.25, -0.2) is 4.39 Å². The zero-order valence-electron chi connectivity index (χ0n) is 9.57. The number of rotatable bonds is 4. The van der Waals surface area contributed by atoms with Gasteiger partial charge in [-0.05, 0) is 24.0 Å². The van der Waals surface area contributed by atoms with E-state index in [-0.39, 0.29) is 17.7 Å². The van der Waals surface area contributed by atoms with Crippen molar-refractivity contribution in [3.05, 3.63) is 35.6 Å². The summed E-state index contributed by atoms with van der Waals surface area (Å²) in [6.45, 7) is 5.88. The van der Waals surface area contributed by atoms with Crippen LogP contribution in [0.1, 0.15) is 38.7 Å². The lowest BCUT2D eigenvalue weighted by Crippen LogP contribution is -2.24. The van der Waals surface area contributed by atoms with Crippen LogP contribution in [0.25, 0.3) is 0 Å². The molecule has 0 aromatic heterocycles. The number of aliphatic hydroxyl groups excluding tert-OH is 1. The molecule has 2 heteroatoms. The van der Waals surface area contributed by atoms with Crippen LogP contribution < -0.4 is 0 Å². The molecule has 0 amide bonds. The number of hydrogen-bond acceptors (Lipinski definition) is 1. The topological polar surface area (TPSA) is 20.2 Å². The Kier molecular flexibility index (Phi) is 4.28. The van der Waals surface area contributed by atoms with Crippen LogP contribution in [-0.2, 0) is 0 Å². The highest BCUT2D eigenvalue weighted by molar-refractivity contribution is 5.22. The molecule has 2 unspecified atom stereocenters. The van der Waals surface area contributed by atoms with Gasteiger partial charge in [0.05, 0.1) is 6.10 Å². The van der Waals surface area contributed by atoms with E-state index in [0.717, 1.165) is 6.42 Å². The summed E-state index contributed by atoms with van der Waals surface area (Å²) in [4.78, 5) is 0. The van der Waals surface area contributed by atoms with E-state index in [9.17, 15) is 9.50 Å². The molecule has 1 aromatic carbocycles. The van der Waals surface area contributed by atoms with Gasteiger partial charge in [-0.3, -0.25) is 0 Å². The van der Waals surface area contributed by atoms with Crippen LogP contribution >= 0.6 is 0 Å². The van der Waals surface area contributed by atoms with Crippen molar-refractivity contribution in [3.63, 3.8) is 0 Å². The highest BCUT2D eigenvalue weighted by Crippen LogP contribution is 2.29. The lowest BCUT2D eigenvalue weighted by Gasteiger charge is -2.25. The Balaban J connectivity index is 2.97. The zero-order chi connectivity index (χ0) is 11.4. The molecular weight excluding hydrogens is 191 g/mol. The lowest BCUT2D eigenvalue weighted by atomic mass is 9.85. The van der Waals surface area contributed by atoms with Gasteiger partial charge in [0.2, 0.25) is 0 Å². The minimum atomic E-state index is -0.480. The molecule has 0 saturated carbocycles. The van der Waals surface area contributed by atoms with Crippen molar-refractivity contribution >= 4 is 0 Å². The van der Waals surface area contributed by atoms with Crippen LogP contribution in [0.15, 0.2) is 24.3 Å². The first-order chi connectivity index (χ1) is 7.07. The van der Waals surface area contributed by atoms with E-state index in [0.29, 0.717) is 5.56 Å². The maximum Gasteiger partial charge on any atom is 0.126 e. The van der Waals surface area contributed by atoms with Crippen LogP contribution in [-0.4, -0.2) is 11.2 Å². The minimum Gasteiger partial charge on any atom is -0.392 e. The summed E-state index contributed by atoms with van der Waals surface area (Å²) in [5.41, 5.74) is 0.626. The molecule has 0 aliphatic heterocycles. The highest BCUT2D eigenvalue weighted by Gasteiger charge is 2.24. The fourth-order valence-corrected chi connectivity index (χ4v) is 1.89. The molecule has 0 heterocycles. The first-order valence-corrected chi connectivity index (χ1v) is 5.50. The van der Waals surface area contributed by atoms with Crippen molar-refractivity contribution < 1.29 is 9.50 Å². The average molecular weight is 210 g/mol. The molecule has 0 aliphatic rings. The molecule has 2 atom stereocenters. The molecule has 1 aromatic rings. The summed E-state index contributed by atoms with van der Waals surface area (Å²) >= 11 is 0. The van der Waals surface area contributed by atoms with Gasteiger partial charge in [-0.15, -0.1) is 0 Å². The third-order valence-electron chi connectivity index (χ3n) is 2.84. The van der Waals surface area contributed by atoms with E-state index in [2.05, 4.69) is 0 Å². The number of benzene rings is 1. The highest BCUT2D eigenvalue weighted by atomic mass is 19.1. The Morgan fingerprint density at radius 3 is 2.33 bits per heavy atom. The van der Waals surface area contributed by atoms with Gasteiger partial charge in [0.1, 0.15) is 5.82 Å². The first-order valence-electron chi connectivity index (χ1n) is 5.50. The second-order valence-corrected chi connectivity index (χ2v) is 4.27. The van der Waals surface area contributed by atoms with Gasteiger partial charge in [-0.2, -0.15) is 0 Å². The third-order valence-corrected chi connectivity index (χ3v) is 2.84. The largest absolute Gasteiger partial charge is 0.392 e. The van der Waals surface area contributed by atoms with E-state index in [1.807, 2.05) is 26.8 Å². The molecule has 15 heavy (non-hydrogen) atoms. The van der Waals surface area contributed by atoms with Crippen molar-refractivity contribution in [2.75, 3.05) is 0 Å². The SMILES string of the molecule is CCC(c1ccccc1F)C(O)C(C)C. The molecular formula is C13H19FO. The molecule has 1 nitrogen and oxygen atoms in total. The second kappa shape index (κ2) is 5.26. The van der Waals surface area contributed by atoms with E-state index in [1.165, 1.54) is 6.07 Å². The molecule has 0 aliphatic carbocycles. The fraction of sp³-hybridized carbons (Fsp3) is 0.538. The number of hydrogen-bond donors (Lipinski definition) is 1. The van der Waals surface area contributed by atoms with Gasteiger partial charge in [0.25, 0.3) is 0 Å². The standard InChI is InChI=1S/C13H19FO/c1-4-10(13(15)9(2)3)11-7-5-6-8-12(11)14/h5-10,13,15H,4H2,1-3H3. The van der Waals surface area contributed by atoms with Crippen LogP contribution in [0.2, 0.25) is 0 Å². The van der Waals surface area contributed by atoms with Crippen LogP contribution in [0.4, 0.5) is 4.39 Å². The van der Waals surface area contributed by atoms with Gasteiger partial charge >= 0.3 is 0 Å². The summed E-state index contributed by atoms with van der Waals surface area (Å²) in [5, 5.41) is 10.00. The number of aliphatic hydroxyl groups is 1. The summed E-state index contributed by atoms with van der Waals surface area (Å²) in [6.07, 6.45) is 0.271. The van der Waals surface area contributed by atoms with E-state index >= 15 is 0 Å². The van der Waals surface area contributed by atoms with Gasteiger partial charge in [-0.1, -0.05) is 39.0 Å². The molecule has 1 N–H and O–H groups in total. The Morgan fingerprint density at radius 1 is 1.27 bits per heavy atom. The summed E-state index contributed by atoms with van der Waals surface area (Å²) in [7, 11) is 0. The Hall–Kier alpha value is -0.890. The predicted octanol–water partition coefficient (Wildman–Crippen LogP) is 3.34.